The lowest BCUT2D eigenvalue weighted by atomic mass is 10.1. The molecule has 0 aliphatic carbocycles. The van der Waals surface area contributed by atoms with Crippen LogP contribution < -0.4 is 15.4 Å². The van der Waals surface area contributed by atoms with E-state index in [0.717, 1.165) is 24.4 Å². The summed E-state index contributed by atoms with van der Waals surface area (Å²) >= 11 is 0. The molecule has 1 heterocycles. The largest absolute Gasteiger partial charge is 0.482 e. The van der Waals surface area contributed by atoms with Crippen molar-refractivity contribution in [1.82, 2.24) is 5.32 Å². The molecule has 1 aromatic rings. The van der Waals surface area contributed by atoms with Crippen LogP contribution in [0.5, 0.6) is 5.75 Å². The van der Waals surface area contributed by atoms with Gasteiger partial charge in [-0.25, -0.2) is 0 Å². The van der Waals surface area contributed by atoms with Gasteiger partial charge in [-0.1, -0.05) is 6.07 Å². The Morgan fingerprint density at radius 1 is 1.39 bits per heavy atom. The molecule has 18 heavy (non-hydrogen) atoms. The van der Waals surface area contributed by atoms with Crippen molar-refractivity contribution in [1.29, 1.82) is 0 Å². The summed E-state index contributed by atoms with van der Waals surface area (Å²) in [5, 5.41) is 6.26. The summed E-state index contributed by atoms with van der Waals surface area (Å²) in [5.41, 5.74) is 2.10. The quantitative estimate of drug-likeness (QED) is 0.859. The van der Waals surface area contributed by atoms with Gasteiger partial charge in [0.25, 0.3) is 5.91 Å². The highest BCUT2D eigenvalue weighted by atomic mass is 16.5. The summed E-state index contributed by atoms with van der Waals surface area (Å²) in [5.74, 6) is 0.662. The van der Waals surface area contributed by atoms with Gasteiger partial charge in [-0.15, -0.1) is 0 Å². The Kier molecular flexibility index (Phi) is 3.57. The average molecular weight is 248 g/mol. The SMILES string of the molecule is CC(C)(C)NCCc1ccc2c(c1)NC(=O)CO2. The number of benzene rings is 1. The summed E-state index contributed by atoms with van der Waals surface area (Å²) in [6, 6.07) is 5.94. The first kappa shape index (κ1) is 12.9. The minimum Gasteiger partial charge on any atom is -0.482 e. The lowest BCUT2D eigenvalue weighted by Crippen LogP contribution is -2.37. The van der Waals surface area contributed by atoms with Crippen molar-refractivity contribution < 1.29 is 9.53 Å². The van der Waals surface area contributed by atoms with Gasteiger partial charge in [0.2, 0.25) is 0 Å². The molecule has 1 aromatic carbocycles. The second kappa shape index (κ2) is 4.98. The molecule has 0 unspecified atom stereocenters. The van der Waals surface area contributed by atoms with E-state index in [1.165, 1.54) is 5.56 Å². The Balaban J connectivity index is 1.98. The maximum Gasteiger partial charge on any atom is 0.262 e. The zero-order valence-electron chi connectivity index (χ0n) is 11.2. The van der Waals surface area contributed by atoms with Gasteiger partial charge >= 0.3 is 0 Å². The van der Waals surface area contributed by atoms with Crippen LogP contribution in [0, 0.1) is 0 Å². The van der Waals surface area contributed by atoms with Crippen molar-refractivity contribution >= 4 is 11.6 Å². The topological polar surface area (TPSA) is 50.4 Å². The van der Waals surface area contributed by atoms with Gasteiger partial charge in [-0.2, -0.15) is 0 Å². The van der Waals surface area contributed by atoms with E-state index < -0.39 is 0 Å². The van der Waals surface area contributed by atoms with Crippen LogP contribution in [0.1, 0.15) is 26.3 Å². The Labute approximate surface area is 108 Å². The van der Waals surface area contributed by atoms with Crippen molar-refractivity contribution in [2.45, 2.75) is 32.7 Å². The van der Waals surface area contributed by atoms with E-state index in [1.807, 2.05) is 18.2 Å². The summed E-state index contributed by atoms with van der Waals surface area (Å²) in [7, 11) is 0. The lowest BCUT2D eigenvalue weighted by molar-refractivity contribution is -0.118. The van der Waals surface area contributed by atoms with Crippen LogP contribution in [0.15, 0.2) is 18.2 Å². The number of ether oxygens (including phenoxy) is 1. The number of hydrogen-bond acceptors (Lipinski definition) is 3. The minimum atomic E-state index is -0.0903. The molecule has 0 spiro atoms. The maximum atomic E-state index is 11.2. The molecule has 2 N–H and O–H groups in total. The summed E-state index contributed by atoms with van der Waals surface area (Å²) < 4.78 is 5.32. The molecule has 1 amide bonds. The predicted octanol–water partition coefficient (Wildman–Crippen LogP) is 1.95. The van der Waals surface area contributed by atoms with E-state index in [4.69, 9.17) is 4.74 Å². The molecule has 1 aliphatic rings. The smallest absolute Gasteiger partial charge is 0.262 e. The number of amides is 1. The Bertz CT molecular complexity index is 450. The Hall–Kier alpha value is -1.55. The Morgan fingerprint density at radius 3 is 2.89 bits per heavy atom. The van der Waals surface area contributed by atoms with Crippen molar-refractivity contribution in [2.75, 3.05) is 18.5 Å². The average Bonchev–Trinajstić information content (AvgIpc) is 2.26. The zero-order valence-corrected chi connectivity index (χ0v) is 11.2. The third-order valence-electron chi connectivity index (χ3n) is 2.75. The maximum absolute atomic E-state index is 11.2. The molecule has 0 atom stereocenters. The van der Waals surface area contributed by atoms with Gasteiger partial charge in [0, 0.05) is 5.54 Å². The molecule has 0 saturated heterocycles. The van der Waals surface area contributed by atoms with Crippen LogP contribution in [-0.4, -0.2) is 24.6 Å². The molecular weight excluding hydrogens is 228 g/mol. The second-order valence-corrected chi connectivity index (χ2v) is 5.59. The van der Waals surface area contributed by atoms with E-state index in [9.17, 15) is 4.79 Å². The minimum absolute atomic E-state index is 0.0903. The third kappa shape index (κ3) is 3.47. The van der Waals surface area contributed by atoms with Crippen LogP contribution in [-0.2, 0) is 11.2 Å². The monoisotopic (exact) mass is 248 g/mol. The van der Waals surface area contributed by atoms with Crippen LogP contribution >= 0.6 is 0 Å². The molecule has 2 rings (SSSR count). The first-order valence-corrected chi connectivity index (χ1v) is 6.25. The van der Waals surface area contributed by atoms with Gasteiger partial charge in [0.15, 0.2) is 6.61 Å². The number of carbonyl (C=O) groups is 1. The van der Waals surface area contributed by atoms with Gasteiger partial charge in [-0.05, 0) is 51.4 Å². The van der Waals surface area contributed by atoms with E-state index in [1.54, 1.807) is 0 Å². The number of nitrogens with one attached hydrogen (secondary N) is 2. The first-order chi connectivity index (χ1) is 8.44. The normalized spacial score (nSPS) is 14.7. The summed E-state index contributed by atoms with van der Waals surface area (Å²) in [6.07, 6.45) is 0.931. The molecule has 4 heteroatoms. The molecular formula is C14H20N2O2. The van der Waals surface area contributed by atoms with Crippen LogP contribution in [0.4, 0.5) is 5.69 Å². The number of hydrogen-bond donors (Lipinski definition) is 2. The van der Waals surface area contributed by atoms with Crippen LogP contribution in [0.2, 0.25) is 0 Å². The number of carbonyl (C=O) groups excluding carboxylic acids is 1. The van der Waals surface area contributed by atoms with Gasteiger partial charge in [0.1, 0.15) is 5.75 Å². The third-order valence-corrected chi connectivity index (χ3v) is 2.75. The fraction of sp³-hybridized carbons (Fsp3) is 0.500. The van der Waals surface area contributed by atoms with Crippen molar-refractivity contribution in [3.05, 3.63) is 23.8 Å². The van der Waals surface area contributed by atoms with E-state index in [2.05, 4.69) is 31.4 Å². The Morgan fingerprint density at radius 2 is 2.17 bits per heavy atom. The van der Waals surface area contributed by atoms with E-state index in [-0.39, 0.29) is 18.1 Å². The highest BCUT2D eigenvalue weighted by Crippen LogP contribution is 2.28. The molecule has 0 radical (unpaired) electrons. The van der Waals surface area contributed by atoms with Gasteiger partial charge < -0.3 is 15.4 Å². The van der Waals surface area contributed by atoms with E-state index >= 15 is 0 Å². The van der Waals surface area contributed by atoms with Gasteiger partial charge in [0.05, 0.1) is 5.69 Å². The van der Waals surface area contributed by atoms with Crippen molar-refractivity contribution in [3.63, 3.8) is 0 Å². The predicted molar refractivity (Wildman–Crippen MR) is 72.0 cm³/mol. The number of fused-ring (bicyclic) bond motifs is 1. The molecule has 0 aromatic heterocycles. The number of anilines is 1. The fourth-order valence-electron chi connectivity index (χ4n) is 1.87. The summed E-state index contributed by atoms with van der Waals surface area (Å²) in [4.78, 5) is 11.2. The standard InChI is InChI=1S/C14H20N2O2/c1-14(2,3)15-7-6-10-4-5-12-11(8-10)16-13(17)9-18-12/h4-5,8,15H,6-7,9H2,1-3H3,(H,16,17). The summed E-state index contributed by atoms with van der Waals surface area (Å²) in [6.45, 7) is 7.46. The molecule has 0 saturated carbocycles. The molecule has 1 aliphatic heterocycles. The van der Waals surface area contributed by atoms with Crippen LogP contribution in [0.25, 0.3) is 0 Å². The van der Waals surface area contributed by atoms with Crippen molar-refractivity contribution in [2.24, 2.45) is 0 Å². The number of rotatable bonds is 3. The molecule has 4 nitrogen and oxygen atoms in total. The highest BCUT2D eigenvalue weighted by molar-refractivity contribution is 5.95. The fourth-order valence-corrected chi connectivity index (χ4v) is 1.87. The molecule has 0 bridgehead atoms. The second-order valence-electron chi connectivity index (χ2n) is 5.59. The first-order valence-electron chi connectivity index (χ1n) is 6.25. The molecule has 0 fully saturated rings. The molecule has 98 valence electrons. The van der Waals surface area contributed by atoms with E-state index in [0.29, 0.717) is 0 Å². The zero-order chi connectivity index (χ0) is 13.2. The lowest BCUT2D eigenvalue weighted by Gasteiger charge is -2.21. The van der Waals surface area contributed by atoms with Gasteiger partial charge in [-0.3, -0.25) is 4.79 Å². The van der Waals surface area contributed by atoms with Crippen molar-refractivity contribution in [3.8, 4) is 5.75 Å². The van der Waals surface area contributed by atoms with Crippen LogP contribution in [0.3, 0.4) is 0 Å². The highest BCUT2D eigenvalue weighted by Gasteiger charge is 2.16.